The fourth-order valence-corrected chi connectivity index (χ4v) is 5.75. The monoisotopic (exact) mass is 464 g/mol. The summed E-state index contributed by atoms with van der Waals surface area (Å²) in [5.74, 6) is 0. The molecule has 1 aliphatic rings. The molecule has 30 heavy (non-hydrogen) atoms. The fraction of sp³-hybridized carbons (Fsp3) is 0.440. The maximum Gasteiger partial charge on any atom is 0.0345 e. The van der Waals surface area contributed by atoms with Crippen molar-refractivity contribution in [3.63, 3.8) is 0 Å². The second kappa shape index (κ2) is 11.5. The summed E-state index contributed by atoms with van der Waals surface area (Å²) in [4.78, 5) is 2.48. The van der Waals surface area contributed by atoms with Gasteiger partial charge in [-0.2, -0.15) is 0 Å². The average Bonchev–Trinajstić information content (AvgIpc) is 3.13. The molecular weight excluding hydrogens is 431 g/mol. The number of benzene rings is 2. The molecule has 0 aliphatic heterocycles. The standard InChI is InChI=1S/C25H32N2S.2ClH/c1-27(2)25(18-20-8-4-3-5-9-20)15-12-22(13-16-25)26-17-14-21-19-28-24-11-7-6-10-23(21)24;;/h3-11,19,22,26H,12-18H2,1-2H3;2*1H. The molecule has 0 spiro atoms. The average molecular weight is 466 g/mol. The van der Waals surface area contributed by atoms with Crippen molar-refractivity contribution in [1.82, 2.24) is 10.2 Å². The Labute approximate surface area is 197 Å². The van der Waals surface area contributed by atoms with E-state index in [1.807, 2.05) is 11.3 Å². The summed E-state index contributed by atoms with van der Waals surface area (Å²) in [7, 11) is 4.52. The molecule has 5 heteroatoms. The zero-order valence-electron chi connectivity index (χ0n) is 18.0. The van der Waals surface area contributed by atoms with Gasteiger partial charge < -0.3 is 10.2 Å². The first-order valence-corrected chi connectivity index (χ1v) is 11.4. The summed E-state index contributed by atoms with van der Waals surface area (Å²) in [5, 5.41) is 7.63. The minimum atomic E-state index is 0. The molecule has 0 atom stereocenters. The lowest BCUT2D eigenvalue weighted by molar-refractivity contribution is 0.0875. The quantitative estimate of drug-likeness (QED) is 0.437. The second-order valence-electron chi connectivity index (χ2n) is 8.52. The molecule has 1 N–H and O–H groups in total. The van der Waals surface area contributed by atoms with Crippen molar-refractivity contribution in [2.75, 3.05) is 20.6 Å². The van der Waals surface area contributed by atoms with Crippen molar-refractivity contribution in [2.24, 2.45) is 0 Å². The molecule has 3 aromatic rings. The third kappa shape index (κ3) is 5.77. The highest BCUT2D eigenvalue weighted by atomic mass is 35.5. The normalized spacial score (nSPS) is 21.2. The Morgan fingerprint density at radius 3 is 2.33 bits per heavy atom. The van der Waals surface area contributed by atoms with Crippen molar-refractivity contribution >= 4 is 46.2 Å². The first-order chi connectivity index (χ1) is 13.7. The molecule has 1 heterocycles. The number of nitrogens with one attached hydrogen (secondary N) is 1. The Balaban J connectivity index is 0.00000160. The third-order valence-corrected chi connectivity index (χ3v) is 7.64. The van der Waals surface area contributed by atoms with Crippen LogP contribution in [0.5, 0.6) is 0 Å². The van der Waals surface area contributed by atoms with Gasteiger partial charge in [0.15, 0.2) is 0 Å². The van der Waals surface area contributed by atoms with Crippen molar-refractivity contribution in [3.8, 4) is 0 Å². The third-order valence-electron chi connectivity index (χ3n) is 6.63. The first kappa shape index (κ1) is 25.2. The van der Waals surface area contributed by atoms with Gasteiger partial charge in [-0.25, -0.2) is 0 Å². The van der Waals surface area contributed by atoms with Gasteiger partial charge in [-0.05, 0) is 87.1 Å². The van der Waals surface area contributed by atoms with E-state index in [1.54, 1.807) is 0 Å². The van der Waals surface area contributed by atoms with E-state index < -0.39 is 0 Å². The Hall–Kier alpha value is -1.10. The highest BCUT2D eigenvalue weighted by Gasteiger charge is 2.37. The first-order valence-electron chi connectivity index (χ1n) is 10.6. The Morgan fingerprint density at radius 1 is 0.967 bits per heavy atom. The highest BCUT2D eigenvalue weighted by Crippen LogP contribution is 2.35. The van der Waals surface area contributed by atoms with Gasteiger partial charge in [0.05, 0.1) is 0 Å². The van der Waals surface area contributed by atoms with Crippen molar-refractivity contribution in [2.45, 2.75) is 50.1 Å². The lowest BCUT2D eigenvalue weighted by Gasteiger charge is -2.45. The number of rotatable bonds is 7. The van der Waals surface area contributed by atoms with Crippen molar-refractivity contribution in [1.29, 1.82) is 0 Å². The number of hydrogen-bond acceptors (Lipinski definition) is 3. The molecule has 0 amide bonds. The van der Waals surface area contributed by atoms with Crippen molar-refractivity contribution in [3.05, 3.63) is 71.1 Å². The minimum absolute atomic E-state index is 0. The van der Waals surface area contributed by atoms with Gasteiger partial charge in [0, 0.05) is 16.3 Å². The molecule has 0 radical (unpaired) electrons. The van der Waals surface area contributed by atoms with Gasteiger partial charge >= 0.3 is 0 Å². The molecule has 2 nitrogen and oxygen atoms in total. The molecule has 1 saturated carbocycles. The molecule has 164 valence electrons. The SMILES string of the molecule is CN(C)C1(Cc2ccccc2)CCC(NCCc2csc3ccccc23)CC1.Cl.Cl. The van der Waals surface area contributed by atoms with Crippen LogP contribution < -0.4 is 5.32 Å². The lowest BCUT2D eigenvalue weighted by Crippen LogP contribution is -2.51. The van der Waals surface area contributed by atoms with Gasteiger partial charge in [-0.1, -0.05) is 48.5 Å². The van der Waals surface area contributed by atoms with Crippen LogP contribution in [0, 0.1) is 0 Å². The van der Waals surface area contributed by atoms with Gasteiger partial charge in [-0.3, -0.25) is 0 Å². The van der Waals surface area contributed by atoms with Crippen LogP contribution in [0.15, 0.2) is 60.0 Å². The number of fused-ring (bicyclic) bond motifs is 1. The minimum Gasteiger partial charge on any atom is -0.314 e. The van der Waals surface area contributed by atoms with Crippen LogP contribution in [0.4, 0.5) is 0 Å². The predicted octanol–water partition coefficient (Wildman–Crippen LogP) is 6.36. The van der Waals surface area contributed by atoms with Crippen LogP contribution in [-0.4, -0.2) is 37.1 Å². The van der Waals surface area contributed by atoms with E-state index in [1.165, 1.54) is 46.9 Å². The van der Waals surface area contributed by atoms with E-state index in [0.717, 1.165) is 19.4 Å². The maximum atomic E-state index is 3.85. The van der Waals surface area contributed by atoms with Gasteiger partial charge in [0.2, 0.25) is 0 Å². The molecule has 1 aromatic heterocycles. The van der Waals surface area contributed by atoms with Crippen LogP contribution >= 0.6 is 36.2 Å². The van der Waals surface area contributed by atoms with Crippen LogP contribution in [0.3, 0.4) is 0 Å². The summed E-state index contributed by atoms with van der Waals surface area (Å²) < 4.78 is 1.41. The van der Waals surface area contributed by atoms with E-state index in [9.17, 15) is 0 Å². The number of likely N-dealkylation sites (N-methyl/N-ethyl adjacent to an activating group) is 1. The summed E-state index contributed by atoms with van der Waals surface area (Å²) in [6, 6.07) is 20.4. The summed E-state index contributed by atoms with van der Waals surface area (Å²) in [5.41, 5.74) is 3.27. The number of nitrogens with zero attached hydrogens (tertiary/aromatic N) is 1. The molecule has 1 fully saturated rings. The second-order valence-corrected chi connectivity index (χ2v) is 9.43. The van der Waals surface area contributed by atoms with E-state index in [2.05, 4.69) is 84.3 Å². The Kier molecular flexibility index (Phi) is 9.65. The molecule has 4 rings (SSSR count). The fourth-order valence-electron chi connectivity index (χ4n) is 4.75. The molecule has 0 saturated heterocycles. The highest BCUT2D eigenvalue weighted by molar-refractivity contribution is 7.17. The Morgan fingerprint density at radius 2 is 1.63 bits per heavy atom. The predicted molar refractivity (Wildman–Crippen MR) is 137 cm³/mol. The molecular formula is C25H34Cl2N2S. The largest absolute Gasteiger partial charge is 0.314 e. The molecule has 1 aliphatic carbocycles. The van der Waals surface area contributed by atoms with Crippen LogP contribution in [-0.2, 0) is 12.8 Å². The van der Waals surface area contributed by atoms with Gasteiger partial charge in [0.25, 0.3) is 0 Å². The van der Waals surface area contributed by atoms with Crippen LogP contribution in [0.1, 0.15) is 36.8 Å². The maximum absolute atomic E-state index is 3.85. The number of hydrogen-bond donors (Lipinski definition) is 1. The van der Waals surface area contributed by atoms with E-state index >= 15 is 0 Å². The zero-order valence-corrected chi connectivity index (χ0v) is 20.4. The number of thiophene rings is 1. The van der Waals surface area contributed by atoms with Crippen LogP contribution in [0.2, 0.25) is 0 Å². The molecule has 0 unspecified atom stereocenters. The lowest BCUT2D eigenvalue weighted by atomic mass is 9.75. The van der Waals surface area contributed by atoms with E-state index in [4.69, 9.17) is 0 Å². The molecule has 0 bridgehead atoms. The Bertz CT molecular complexity index is 886. The smallest absolute Gasteiger partial charge is 0.0345 e. The summed E-state index contributed by atoms with van der Waals surface area (Å²) >= 11 is 1.87. The van der Waals surface area contributed by atoms with Gasteiger partial charge in [0.1, 0.15) is 0 Å². The van der Waals surface area contributed by atoms with Gasteiger partial charge in [-0.15, -0.1) is 36.2 Å². The molecule has 2 aromatic carbocycles. The zero-order chi connectivity index (χ0) is 19.4. The van der Waals surface area contributed by atoms with Crippen LogP contribution in [0.25, 0.3) is 10.1 Å². The number of halogens is 2. The van der Waals surface area contributed by atoms with Crippen molar-refractivity contribution < 1.29 is 0 Å². The topological polar surface area (TPSA) is 15.3 Å². The van der Waals surface area contributed by atoms with E-state index in [0.29, 0.717) is 11.6 Å². The summed E-state index contributed by atoms with van der Waals surface area (Å²) in [6.07, 6.45) is 7.38. The summed E-state index contributed by atoms with van der Waals surface area (Å²) in [6.45, 7) is 1.08. The van der Waals surface area contributed by atoms with E-state index in [-0.39, 0.29) is 24.8 Å².